The first kappa shape index (κ1) is 18.5. The lowest BCUT2D eigenvalue weighted by molar-refractivity contribution is -0.126. The van der Waals surface area contributed by atoms with Gasteiger partial charge in [0.15, 0.2) is 0 Å². The molecule has 0 spiro atoms. The summed E-state index contributed by atoms with van der Waals surface area (Å²) < 4.78 is 1.07. The minimum absolute atomic E-state index is 0.0476. The molecule has 0 aliphatic carbocycles. The van der Waals surface area contributed by atoms with Crippen LogP contribution in [0, 0.1) is 17.8 Å². The van der Waals surface area contributed by atoms with Crippen molar-refractivity contribution < 1.29 is 4.79 Å². The van der Waals surface area contributed by atoms with Crippen LogP contribution >= 0.6 is 15.9 Å². The molecular weight excluding hydrogens is 352 g/mol. The highest BCUT2D eigenvalue weighted by atomic mass is 79.9. The van der Waals surface area contributed by atoms with Crippen molar-refractivity contribution in [3.8, 4) is 0 Å². The highest BCUT2D eigenvalue weighted by Gasteiger charge is 2.27. The van der Waals surface area contributed by atoms with E-state index in [0.29, 0.717) is 17.9 Å². The van der Waals surface area contributed by atoms with Gasteiger partial charge in [-0.15, -0.1) is 0 Å². The van der Waals surface area contributed by atoms with E-state index >= 15 is 0 Å². The molecule has 4 heteroatoms. The van der Waals surface area contributed by atoms with Crippen LogP contribution in [0.2, 0.25) is 0 Å². The van der Waals surface area contributed by atoms with Gasteiger partial charge in [0.1, 0.15) is 0 Å². The number of carbonyl (C=O) groups is 1. The average Bonchev–Trinajstić information content (AvgIpc) is 2.48. The topological polar surface area (TPSA) is 41.1 Å². The Hall–Kier alpha value is -0.870. The van der Waals surface area contributed by atoms with Crippen LogP contribution in [0.5, 0.6) is 0 Å². The van der Waals surface area contributed by atoms with Gasteiger partial charge in [0.25, 0.3) is 0 Å². The van der Waals surface area contributed by atoms with E-state index in [0.717, 1.165) is 36.8 Å². The van der Waals surface area contributed by atoms with Gasteiger partial charge in [-0.1, -0.05) is 48.8 Å². The second-order valence-corrected chi connectivity index (χ2v) is 8.16. The number of piperidine rings is 1. The van der Waals surface area contributed by atoms with Crippen molar-refractivity contribution in [2.24, 2.45) is 17.8 Å². The Balaban J connectivity index is 2.02. The van der Waals surface area contributed by atoms with E-state index < -0.39 is 0 Å². The molecule has 3 atom stereocenters. The molecule has 0 aromatic heterocycles. The molecule has 3 nitrogen and oxygen atoms in total. The predicted octanol–water partition coefficient (Wildman–Crippen LogP) is 3.77. The number of rotatable bonds is 6. The molecule has 1 aliphatic heterocycles. The fraction of sp³-hybridized carbons (Fsp3) is 0.632. The standard InChI is InChI=1S/C19H29BrN2O/c1-13(2)9-16(10-15-5-4-6-17(20)11-15)19(23)22-18-7-8-21-12-14(18)3/h4-6,11,13-14,16,18,21H,7-10,12H2,1-3H3,(H,22,23). The molecule has 1 aromatic rings. The molecule has 1 fully saturated rings. The van der Waals surface area contributed by atoms with Gasteiger partial charge in [0, 0.05) is 16.4 Å². The summed E-state index contributed by atoms with van der Waals surface area (Å²) in [5.41, 5.74) is 1.22. The quantitative estimate of drug-likeness (QED) is 0.788. The summed E-state index contributed by atoms with van der Waals surface area (Å²) >= 11 is 3.52. The first-order chi connectivity index (χ1) is 11.0. The molecule has 23 heavy (non-hydrogen) atoms. The van der Waals surface area contributed by atoms with Crippen LogP contribution in [-0.2, 0) is 11.2 Å². The first-order valence-corrected chi connectivity index (χ1v) is 9.50. The highest BCUT2D eigenvalue weighted by molar-refractivity contribution is 9.10. The lowest BCUT2D eigenvalue weighted by Gasteiger charge is -2.32. The third-order valence-electron chi connectivity index (χ3n) is 4.61. The van der Waals surface area contributed by atoms with Crippen molar-refractivity contribution >= 4 is 21.8 Å². The van der Waals surface area contributed by atoms with E-state index in [2.05, 4.69) is 59.5 Å². The molecule has 1 amide bonds. The number of amides is 1. The maximum Gasteiger partial charge on any atom is 0.223 e. The van der Waals surface area contributed by atoms with Gasteiger partial charge in [0.2, 0.25) is 5.91 Å². The van der Waals surface area contributed by atoms with Gasteiger partial charge < -0.3 is 10.6 Å². The summed E-state index contributed by atoms with van der Waals surface area (Å²) in [6.45, 7) is 8.58. The third-order valence-corrected chi connectivity index (χ3v) is 5.10. The minimum atomic E-state index is 0.0476. The van der Waals surface area contributed by atoms with Crippen LogP contribution in [-0.4, -0.2) is 25.0 Å². The van der Waals surface area contributed by atoms with Gasteiger partial charge in [-0.2, -0.15) is 0 Å². The fourth-order valence-corrected chi connectivity index (χ4v) is 3.78. The Kier molecular flexibility index (Phi) is 7.09. The van der Waals surface area contributed by atoms with Crippen LogP contribution in [0.1, 0.15) is 39.2 Å². The van der Waals surface area contributed by atoms with Gasteiger partial charge >= 0.3 is 0 Å². The van der Waals surface area contributed by atoms with E-state index in [-0.39, 0.29) is 11.8 Å². The van der Waals surface area contributed by atoms with Crippen LogP contribution in [0.4, 0.5) is 0 Å². The van der Waals surface area contributed by atoms with Gasteiger partial charge in [0.05, 0.1) is 0 Å². The Morgan fingerprint density at radius 1 is 1.43 bits per heavy atom. The molecular formula is C19H29BrN2O. The third kappa shape index (κ3) is 5.92. The number of carbonyl (C=O) groups excluding carboxylic acids is 1. The Labute approximate surface area is 148 Å². The lowest BCUT2D eigenvalue weighted by atomic mass is 9.88. The zero-order valence-electron chi connectivity index (χ0n) is 14.4. The maximum atomic E-state index is 12.8. The van der Waals surface area contributed by atoms with E-state index in [1.165, 1.54) is 5.56 Å². The van der Waals surface area contributed by atoms with E-state index in [9.17, 15) is 4.79 Å². The second kappa shape index (κ2) is 8.84. The van der Waals surface area contributed by atoms with E-state index in [4.69, 9.17) is 0 Å². The molecule has 0 bridgehead atoms. The zero-order valence-corrected chi connectivity index (χ0v) is 16.0. The number of hydrogen-bond acceptors (Lipinski definition) is 2. The Bertz CT molecular complexity index is 518. The van der Waals surface area contributed by atoms with Gasteiger partial charge in [-0.3, -0.25) is 4.79 Å². The zero-order chi connectivity index (χ0) is 16.8. The van der Waals surface area contributed by atoms with Crippen molar-refractivity contribution in [1.29, 1.82) is 0 Å². The van der Waals surface area contributed by atoms with Crippen molar-refractivity contribution in [2.45, 2.75) is 46.1 Å². The van der Waals surface area contributed by atoms with Gasteiger partial charge in [-0.05, 0) is 61.9 Å². The average molecular weight is 381 g/mol. The molecule has 1 heterocycles. The summed E-state index contributed by atoms with van der Waals surface area (Å²) in [6.07, 6.45) is 2.76. The van der Waals surface area contributed by atoms with Crippen LogP contribution in [0.15, 0.2) is 28.7 Å². The van der Waals surface area contributed by atoms with Crippen molar-refractivity contribution in [2.75, 3.05) is 13.1 Å². The largest absolute Gasteiger partial charge is 0.353 e. The number of halogens is 1. The summed E-state index contributed by atoms with van der Waals surface area (Å²) in [7, 11) is 0. The minimum Gasteiger partial charge on any atom is -0.353 e. The van der Waals surface area contributed by atoms with E-state index in [1.54, 1.807) is 0 Å². The summed E-state index contributed by atoms with van der Waals surface area (Å²) in [5, 5.41) is 6.71. The molecule has 0 saturated carbocycles. The number of hydrogen-bond donors (Lipinski definition) is 2. The normalized spacial score (nSPS) is 22.8. The van der Waals surface area contributed by atoms with Crippen molar-refractivity contribution in [3.63, 3.8) is 0 Å². The second-order valence-electron chi connectivity index (χ2n) is 7.25. The lowest BCUT2D eigenvalue weighted by Crippen LogP contribution is -2.50. The fourth-order valence-electron chi connectivity index (χ4n) is 3.33. The number of nitrogens with one attached hydrogen (secondary N) is 2. The van der Waals surface area contributed by atoms with E-state index in [1.807, 2.05) is 12.1 Å². The molecule has 1 aliphatic rings. The summed E-state index contributed by atoms with van der Waals surface area (Å²) in [5.74, 6) is 1.28. The summed E-state index contributed by atoms with van der Waals surface area (Å²) in [4.78, 5) is 12.8. The van der Waals surface area contributed by atoms with Crippen LogP contribution < -0.4 is 10.6 Å². The molecule has 2 rings (SSSR count). The molecule has 1 aromatic carbocycles. The first-order valence-electron chi connectivity index (χ1n) is 8.71. The SMILES string of the molecule is CC(C)CC(Cc1cccc(Br)c1)C(=O)NC1CCNCC1C. The highest BCUT2D eigenvalue weighted by Crippen LogP contribution is 2.21. The molecule has 128 valence electrons. The smallest absolute Gasteiger partial charge is 0.223 e. The summed E-state index contributed by atoms with van der Waals surface area (Å²) in [6, 6.07) is 8.60. The molecule has 2 N–H and O–H groups in total. The monoisotopic (exact) mass is 380 g/mol. The Morgan fingerprint density at radius 3 is 2.87 bits per heavy atom. The van der Waals surface area contributed by atoms with Crippen molar-refractivity contribution in [1.82, 2.24) is 10.6 Å². The molecule has 3 unspecified atom stereocenters. The molecule has 1 saturated heterocycles. The molecule has 0 radical (unpaired) electrons. The Morgan fingerprint density at radius 2 is 2.22 bits per heavy atom. The van der Waals surface area contributed by atoms with Gasteiger partial charge in [-0.25, -0.2) is 0 Å². The maximum absolute atomic E-state index is 12.8. The van der Waals surface area contributed by atoms with Crippen LogP contribution in [0.25, 0.3) is 0 Å². The number of benzene rings is 1. The van der Waals surface area contributed by atoms with Crippen molar-refractivity contribution in [3.05, 3.63) is 34.3 Å². The van der Waals surface area contributed by atoms with Crippen LogP contribution in [0.3, 0.4) is 0 Å². The predicted molar refractivity (Wildman–Crippen MR) is 99.4 cm³/mol.